The molecule has 0 fully saturated rings. The number of anilines is 1. The smallest absolute Gasteiger partial charge is 0.419 e. The van der Waals surface area contributed by atoms with Gasteiger partial charge in [0.15, 0.2) is 0 Å². The Morgan fingerprint density at radius 1 is 0.853 bits per heavy atom. The van der Waals surface area contributed by atoms with Gasteiger partial charge in [-0.25, -0.2) is 12.8 Å². The van der Waals surface area contributed by atoms with Crippen LogP contribution >= 0.6 is 0 Å². The third kappa shape index (κ3) is 4.29. The molecule has 0 saturated heterocycles. The van der Waals surface area contributed by atoms with Crippen LogP contribution in [-0.2, 0) is 22.4 Å². The van der Waals surface area contributed by atoms with E-state index in [1.807, 2.05) is 0 Å². The van der Waals surface area contributed by atoms with Gasteiger partial charge in [-0.05, 0) is 42.0 Å². The first-order chi connectivity index (χ1) is 15.8. The number of ether oxygens (including phenoxy) is 1. The van der Waals surface area contributed by atoms with Crippen molar-refractivity contribution < 1.29 is 43.9 Å². The molecule has 1 heterocycles. The van der Waals surface area contributed by atoms with Crippen LogP contribution in [0, 0.1) is 5.82 Å². The SMILES string of the molecule is O=S(=O)(c1cccc(C(F)(F)F)c1)N1CCOc2ccc(-c3cccc(C(F)(F)F)c3F)cc21. The summed E-state index contributed by atoms with van der Waals surface area (Å²) in [6, 6.07) is 9.48. The topological polar surface area (TPSA) is 46.6 Å². The average molecular weight is 505 g/mol. The Morgan fingerprint density at radius 2 is 1.56 bits per heavy atom. The predicted octanol–water partition coefficient (Wildman–Crippen LogP) is 6.12. The fourth-order valence-corrected chi connectivity index (χ4v) is 5.04. The normalized spacial score (nSPS) is 14.5. The summed E-state index contributed by atoms with van der Waals surface area (Å²) in [7, 11) is -4.52. The third-order valence-corrected chi connectivity index (χ3v) is 6.95. The van der Waals surface area contributed by atoms with Crippen molar-refractivity contribution in [1.29, 1.82) is 0 Å². The van der Waals surface area contributed by atoms with Crippen molar-refractivity contribution in [2.24, 2.45) is 0 Å². The van der Waals surface area contributed by atoms with Crippen molar-refractivity contribution >= 4 is 15.7 Å². The highest BCUT2D eigenvalue weighted by Gasteiger charge is 2.36. The van der Waals surface area contributed by atoms with Crippen molar-refractivity contribution in [2.75, 3.05) is 17.5 Å². The largest absolute Gasteiger partial charge is 0.489 e. The highest BCUT2D eigenvalue weighted by Crippen LogP contribution is 2.41. The summed E-state index contributed by atoms with van der Waals surface area (Å²) < 4.78 is 126. The number of hydrogen-bond acceptors (Lipinski definition) is 3. The van der Waals surface area contributed by atoms with Gasteiger partial charge < -0.3 is 4.74 Å². The van der Waals surface area contributed by atoms with Gasteiger partial charge in [0.2, 0.25) is 0 Å². The molecule has 3 aromatic carbocycles. The van der Waals surface area contributed by atoms with Gasteiger partial charge in [0.25, 0.3) is 10.0 Å². The first-order valence-corrected chi connectivity index (χ1v) is 11.1. The van der Waals surface area contributed by atoms with E-state index in [4.69, 9.17) is 4.74 Å². The quantitative estimate of drug-likeness (QED) is 0.403. The molecule has 0 saturated carbocycles. The van der Waals surface area contributed by atoms with E-state index in [9.17, 15) is 39.2 Å². The van der Waals surface area contributed by atoms with E-state index in [1.165, 1.54) is 12.1 Å². The third-order valence-electron chi connectivity index (χ3n) is 5.14. The van der Waals surface area contributed by atoms with Crippen molar-refractivity contribution in [3.8, 4) is 16.9 Å². The van der Waals surface area contributed by atoms with Crippen LogP contribution in [0.3, 0.4) is 0 Å². The maximum atomic E-state index is 14.6. The second-order valence-electron chi connectivity index (χ2n) is 7.30. The molecule has 0 radical (unpaired) electrons. The number of hydrogen-bond donors (Lipinski definition) is 0. The molecule has 0 aliphatic carbocycles. The van der Waals surface area contributed by atoms with Crippen LogP contribution < -0.4 is 9.04 Å². The van der Waals surface area contributed by atoms with Crippen molar-refractivity contribution in [3.05, 3.63) is 77.6 Å². The Balaban J connectivity index is 1.82. The summed E-state index contributed by atoms with van der Waals surface area (Å²) in [5.41, 5.74) is -3.30. The maximum absolute atomic E-state index is 14.6. The minimum Gasteiger partial charge on any atom is -0.489 e. The number of nitrogens with zero attached hydrogens (tertiary/aromatic N) is 1. The average Bonchev–Trinajstić information content (AvgIpc) is 2.77. The number of fused-ring (bicyclic) bond motifs is 1. The van der Waals surface area contributed by atoms with Crippen molar-refractivity contribution in [1.82, 2.24) is 0 Å². The van der Waals surface area contributed by atoms with E-state index in [1.54, 1.807) is 0 Å². The Labute approximate surface area is 189 Å². The van der Waals surface area contributed by atoms with Crippen molar-refractivity contribution in [3.63, 3.8) is 0 Å². The molecule has 0 atom stereocenters. The van der Waals surface area contributed by atoms with Gasteiger partial charge >= 0.3 is 12.4 Å². The van der Waals surface area contributed by atoms with E-state index in [2.05, 4.69) is 0 Å². The molecule has 1 aliphatic rings. The summed E-state index contributed by atoms with van der Waals surface area (Å²) in [4.78, 5) is -0.633. The molecule has 0 unspecified atom stereocenters. The highest BCUT2D eigenvalue weighted by atomic mass is 32.2. The first kappa shape index (κ1) is 23.9. The number of sulfonamides is 1. The molecular weight excluding hydrogens is 491 g/mol. The summed E-state index contributed by atoms with van der Waals surface area (Å²) in [6.07, 6.45) is -9.72. The lowest BCUT2D eigenvalue weighted by molar-refractivity contribution is -0.140. The Kier molecular flexibility index (Phi) is 5.75. The Morgan fingerprint density at radius 3 is 2.24 bits per heavy atom. The van der Waals surface area contributed by atoms with Crippen molar-refractivity contribution in [2.45, 2.75) is 17.2 Å². The minimum atomic E-state index is -4.95. The lowest BCUT2D eigenvalue weighted by Gasteiger charge is -2.31. The van der Waals surface area contributed by atoms with Gasteiger partial charge in [-0.1, -0.05) is 24.3 Å². The molecule has 0 bridgehead atoms. The lowest BCUT2D eigenvalue weighted by Crippen LogP contribution is -2.38. The van der Waals surface area contributed by atoms with Gasteiger partial charge in [0, 0.05) is 5.56 Å². The summed E-state index contributed by atoms with van der Waals surface area (Å²) >= 11 is 0. The van der Waals surface area contributed by atoms with Crippen LogP contribution in [0.2, 0.25) is 0 Å². The van der Waals surface area contributed by atoms with E-state index >= 15 is 0 Å². The Bertz CT molecular complexity index is 1350. The molecule has 0 aromatic heterocycles. The summed E-state index contributed by atoms with van der Waals surface area (Å²) in [6.45, 7) is -0.400. The zero-order valence-electron chi connectivity index (χ0n) is 16.9. The fourth-order valence-electron chi connectivity index (χ4n) is 3.54. The molecule has 0 spiro atoms. The molecule has 34 heavy (non-hydrogen) atoms. The molecule has 1 aliphatic heterocycles. The zero-order chi connectivity index (χ0) is 24.9. The van der Waals surface area contributed by atoms with E-state index in [0.29, 0.717) is 12.1 Å². The molecule has 180 valence electrons. The lowest BCUT2D eigenvalue weighted by atomic mass is 10.0. The van der Waals surface area contributed by atoms with E-state index in [0.717, 1.165) is 40.7 Å². The monoisotopic (exact) mass is 505 g/mol. The van der Waals surface area contributed by atoms with Crippen LogP contribution in [-0.4, -0.2) is 21.6 Å². The first-order valence-electron chi connectivity index (χ1n) is 9.63. The van der Waals surface area contributed by atoms with Crippen LogP contribution in [0.15, 0.2) is 65.6 Å². The van der Waals surface area contributed by atoms with Crippen LogP contribution in [0.25, 0.3) is 11.1 Å². The van der Waals surface area contributed by atoms with Gasteiger partial charge in [0.05, 0.1) is 28.3 Å². The van der Waals surface area contributed by atoms with Gasteiger partial charge in [-0.2, -0.15) is 26.3 Å². The van der Waals surface area contributed by atoms with Gasteiger partial charge in [-0.15, -0.1) is 0 Å². The molecule has 4 rings (SSSR count). The standard InChI is InChI=1S/C22H14F7NO3S/c23-20-16(5-2-6-17(20)22(27,28)29)13-7-8-19-18(11-13)30(9-10-33-19)34(31,32)15-4-1-3-14(12-15)21(24,25)26/h1-8,11-12H,9-10H2. The molecule has 12 heteroatoms. The van der Waals surface area contributed by atoms with E-state index in [-0.39, 0.29) is 30.2 Å². The second-order valence-corrected chi connectivity index (χ2v) is 9.16. The summed E-state index contributed by atoms with van der Waals surface area (Å²) in [5, 5.41) is 0. The second kappa shape index (κ2) is 8.19. The minimum absolute atomic E-state index is 0.0259. The molecule has 4 nitrogen and oxygen atoms in total. The predicted molar refractivity (Wildman–Crippen MR) is 108 cm³/mol. The number of rotatable bonds is 3. The fraction of sp³-hybridized carbons (Fsp3) is 0.182. The van der Waals surface area contributed by atoms with Gasteiger partial charge in [0.1, 0.15) is 18.2 Å². The molecular formula is C22H14F7NO3S. The van der Waals surface area contributed by atoms with Crippen LogP contribution in [0.1, 0.15) is 11.1 Å². The maximum Gasteiger partial charge on any atom is 0.419 e. The zero-order valence-corrected chi connectivity index (χ0v) is 17.7. The van der Waals surface area contributed by atoms with Crippen LogP contribution in [0.4, 0.5) is 36.4 Å². The van der Waals surface area contributed by atoms with Crippen LogP contribution in [0.5, 0.6) is 5.75 Å². The Hall–Kier alpha value is -3.28. The molecule has 0 N–H and O–H groups in total. The number of alkyl halides is 6. The highest BCUT2D eigenvalue weighted by molar-refractivity contribution is 7.92. The van der Waals surface area contributed by atoms with E-state index < -0.39 is 49.8 Å². The number of benzene rings is 3. The van der Waals surface area contributed by atoms with Gasteiger partial charge in [-0.3, -0.25) is 4.31 Å². The summed E-state index contributed by atoms with van der Waals surface area (Å²) in [5.74, 6) is -1.52. The molecule has 3 aromatic rings. The molecule has 0 amide bonds. The number of halogens is 7.